The SMILES string of the molecule is Cc1ccc(C(=O)c2cn(Cc3ccc(/C=C/COC(C)(C)C(=O)O)cc3)c3cc(C(F)(F)F)cnc23)cc1. The molecule has 1 N–H and O–H groups in total. The van der Waals surface area contributed by atoms with Gasteiger partial charge in [-0.1, -0.05) is 66.2 Å². The molecule has 9 heteroatoms. The van der Waals surface area contributed by atoms with Gasteiger partial charge < -0.3 is 14.4 Å². The number of pyridine rings is 1. The lowest BCUT2D eigenvalue weighted by Gasteiger charge is -2.18. The Labute approximate surface area is 223 Å². The predicted molar refractivity (Wildman–Crippen MR) is 142 cm³/mol. The smallest absolute Gasteiger partial charge is 0.417 e. The Morgan fingerprint density at radius 3 is 2.33 bits per heavy atom. The van der Waals surface area contributed by atoms with Gasteiger partial charge in [-0.3, -0.25) is 9.78 Å². The van der Waals surface area contributed by atoms with Crippen molar-refractivity contribution in [2.24, 2.45) is 0 Å². The summed E-state index contributed by atoms with van der Waals surface area (Å²) in [6, 6.07) is 15.3. The van der Waals surface area contributed by atoms with Gasteiger partial charge in [-0.25, -0.2) is 4.79 Å². The van der Waals surface area contributed by atoms with Gasteiger partial charge >= 0.3 is 12.1 Å². The molecule has 0 saturated heterocycles. The maximum absolute atomic E-state index is 13.5. The zero-order valence-corrected chi connectivity index (χ0v) is 21.6. The molecule has 4 aromatic rings. The van der Waals surface area contributed by atoms with Gasteiger partial charge in [-0.05, 0) is 38.0 Å². The third-order valence-corrected chi connectivity index (χ3v) is 6.30. The number of carboxylic acids is 1. The van der Waals surface area contributed by atoms with E-state index in [1.807, 2.05) is 31.2 Å². The third-order valence-electron chi connectivity index (χ3n) is 6.30. The first-order valence-electron chi connectivity index (χ1n) is 12.2. The first-order chi connectivity index (χ1) is 18.3. The normalized spacial score (nSPS) is 12.4. The fourth-order valence-electron chi connectivity index (χ4n) is 3.91. The molecule has 6 nitrogen and oxygen atoms in total. The third kappa shape index (κ3) is 6.43. The van der Waals surface area contributed by atoms with Crippen LogP contribution in [0.1, 0.15) is 52.0 Å². The molecule has 0 spiro atoms. The summed E-state index contributed by atoms with van der Waals surface area (Å²) in [4.78, 5) is 28.4. The largest absolute Gasteiger partial charge is 0.479 e. The van der Waals surface area contributed by atoms with Crippen molar-refractivity contribution in [1.29, 1.82) is 0 Å². The van der Waals surface area contributed by atoms with E-state index in [0.29, 0.717) is 5.56 Å². The molecule has 2 aromatic heterocycles. The molecule has 0 saturated carbocycles. The number of ketones is 1. The van der Waals surface area contributed by atoms with E-state index in [0.717, 1.165) is 29.0 Å². The van der Waals surface area contributed by atoms with Crippen LogP contribution in [-0.4, -0.2) is 38.6 Å². The summed E-state index contributed by atoms with van der Waals surface area (Å²) in [5, 5.41) is 9.10. The van der Waals surface area contributed by atoms with Crippen molar-refractivity contribution in [3.63, 3.8) is 0 Å². The molecule has 202 valence electrons. The summed E-state index contributed by atoms with van der Waals surface area (Å²) in [6.45, 7) is 5.17. The van der Waals surface area contributed by atoms with E-state index in [9.17, 15) is 22.8 Å². The first-order valence-corrected chi connectivity index (χ1v) is 12.2. The van der Waals surface area contributed by atoms with E-state index >= 15 is 0 Å². The lowest BCUT2D eigenvalue weighted by molar-refractivity contribution is -0.159. The number of ether oxygens (including phenoxy) is 1. The average Bonchev–Trinajstić information content (AvgIpc) is 3.24. The summed E-state index contributed by atoms with van der Waals surface area (Å²) in [7, 11) is 0. The second kappa shape index (κ2) is 10.9. The second-order valence-corrected chi connectivity index (χ2v) is 9.73. The highest BCUT2D eigenvalue weighted by atomic mass is 19.4. The number of carbonyl (C=O) groups is 2. The van der Waals surface area contributed by atoms with Crippen molar-refractivity contribution in [2.75, 3.05) is 6.61 Å². The van der Waals surface area contributed by atoms with Crippen LogP contribution in [-0.2, 0) is 22.3 Å². The topological polar surface area (TPSA) is 81.4 Å². The van der Waals surface area contributed by atoms with E-state index < -0.39 is 23.3 Å². The number of rotatable bonds is 9. The van der Waals surface area contributed by atoms with Crippen LogP contribution in [0.2, 0.25) is 0 Å². The number of aliphatic carboxylic acids is 1. The number of halogens is 3. The lowest BCUT2D eigenvalue weighted by atomic mass is 10.0. The summed E-state index contributed by atoms with van der Waals surface area (Å²) in [6.07, 6.45) is 1.21. The summed E-state index contributed by atoms with van der Waals surface area (Å²) in [5.74, 6) is -1.38. The number of benzene rings is 2. The lowest BCUT2D eigenvalue weighted by Crippen LogP contribution is -2.34. The second-order valence-electron chi connectivity index (χ2n) is 9.73. The van der Waals surface area contributed by atoms with Gasteiger partial charge in [0.05, 0.1) is 28.8 Å². The standard InChI is InChI=1S/C30H27F3N2O4/c1-19-6-12-22(13-7-19)27(36)24-18-35(25-15-23(30(31,32)33)16-34-26(24)25)17-21-10-8-20(9-11-21)5-4-14-39-29(2,3)28(37)38/h4-13,15-16,18H,14,17H2,1-3H3,(H,37,38)/b5-4+. The summed E-state index contributed by atoms with van der Waals surface area (Å²) >= 11 is 0. The van der Waals surface area contributed by atoms with E-state index in [1.54, 1.807) is 47.2 Å². The number of carbonyl (C=O) groups excluding carboxylic acids is 1. The molecule has 2 aromatic carbocycles. The van der Waals surface area contributed by atoms with Crippen molar-refractivity contribution in [3.8, 4) is 0 Å². The van der Waals surface area contributed by atoms with Crippen LogP contribution in [0.15, 0.2) is 73.1 Å². The Hall–Kier alpha value is -4.24. The molecule has 0 amide bonds. The minimum Gasteiger partial charge on any atom is -0.479 e. The Balaban J connectivity index is 1.60. The molecule has 0 atom stereocenters. The predicted octanol–water partition coefficient (Wildman–Crippen LogP) is 6.54. The highest BCUT2D eigenvalue weighted by Gasteiger charge is 2.32. The molecule has 0 unspecified atom stereocenters. The van der Waals surface area contributed by atoms with Crippen LogP contribution in [0.5, 0.6) is 0 Å². The minimum absolute atomic E-state index is 0.114. The number of aryl methyl sites for hydroxylation is 1. The van der Waals surface area contributed by atoms with Crippen molar-refractivity contribution < 1.29 is 32.6 Å². The Kier molecular flexibility index (Phi) is 7.74. The van der Waals surface area contributed by atoms with E-state index in [1.165, 1.54) is 13.8 Å². The van der Waals surface area contributed by atoms with E-state index in [2.05, 4.69) is 4.98 Å². The quantitative estimate of drug-likeness (QED) is 0.246. The molecule has 39 heavy (non-hydrogen) atoms. The number of carboxylic acid groups (broad SMARTS) is 1. The van der Waals surface area contributed by atoms with Crippen molar-refractivity contribution in [2.45, 2.75) is 39.1 Å². The number of hydrogen-bond donors (Lipinski definition) is 1. The Morgan fingerprint density at radius 1 is 1.05 bits per heavy atom. The van der Waals surface area contributed by atoms with Gasteiger partial charge in [0.25, 0.3) is 0 Å². The number of alkyl halides is 3. The molecular formula is C30H27F3N2O4. The Bertz CT molecular complexity index is 1530. The van der Waals surface area contributed by atoms with Crippen molar-refractivity contribution in [3.05, 3.63) is 106 Å². The van der Waals surface area contributed by atoms with Crippen LogP contribution in [0.4, 0.5) is 13.2 Å². The highest BCUT2D eigenvalue weighted by molar-refractivity contribution is 6.15. The zero-order valence-electron chi connectivity index (χ0n) is 21.6. The molecule has 0 aliphatic heterocycles. The van der Waals surface area contributed by atoms with Gasteiger partial charge in [-0.15, -0.1) is 0 Å². The molecular weight excluding hydrogens is 509 g/mol. The van der Waals surface area contributed by atoms with Gasteiger partial charge in [0, 0.05) is 24.5 Å². The minimum atomic E-state index is -4.57. The van der Waals surface area contributed by atoms with Crippen LogP contribution in [0.25, 0.3) is 17.1 Å². The summed E-state index contributed by atoms with van der Waals surface area (Å²) in [5.41, 5.74) is 1.51. The first kappa shape index (κ1) is 27.8. The Morgan fingerprint density at radius 2 is 1.72 bits per heavy atom. The van der Waals surface area contributed by atoms with Gasteiger partial charge in [0.1, 0.15) is 0 Å². The van der Waals surface area contributed by atoms with Crippen LogP contribution >= 0.6 is 0 Å². The van der Waals surface area contributed by atoms with Gasteiger partial charge in [0.15, 0.2) is 11.4 Å². The fraction of sp³-hybridized carbons (Fsp3) is 0.233. The van der Waals surface area contributed by atoms with Crippen LogP contribution < -0.4 is 0 Å². The number of fused-ring (bicyclic) bond motifs is 1. The van der Waals surface area contributed by atoms with E-state index in [-0.39, 0.29) is 35.5 Å². The molecule has 0 aliphatic carbocycles. The number of aromatic nitrogens is 2. The van der Waals surface area contributed by atoms with Crippen molar-refractivity contribution >= 4 is 28.9 Å². The molecule has 2 heterocycles. The van der Waals surface area contributed by atoms with Crippen LogP contribution in [0.3, 0.4) is 0 Å². The summed E-state index contributed by atoms with van der Waals surface area (Å²) < 4.78 is 47.3. The van der Waals surface area contributed by atoms with Crippen molar-refractivity contribution in [1.82, 2.24) is 9.55 Å². The molecule has 0 bridgehead atoms. The van der Waals surface area contributed by atoms with Gasteiger partial charge in [-0.2, -0.15) is 13.2 Å². The number of nitrogens with zero attached hydrogens (tertiary/aromatic N) is 2. The fourth-order valence-corrected chi connectivity index (χ4v) is 3.91. The van der Waals surface area contributed by atoms with Gasteiger partial charge in [0.2, 0.25) is 0 Å². The van der Waals surface area contributed by atoms with Crippen LogP contribution in [0, 0.1) is 6.92 Å². The average molecular weight is 537 g/mol. The molecule has 0 fully saturated rings. The maximum Gasteiger partial charge on any atom is 0.417 e. The highest BCUT2D eigenvalue weighted by Crippen LogP contribution is 2.32. The molecule has 4 rings (SSSR count). The monoisotopic (exact) mass is 536 g/mol. The molecule has 0 aliphatic rings. The maximum atomic E-state index is 13.5. The zero-order chi connectivity index (χ0) is 28.4. The molecule has 0 radical (unpaired) electrons. The van der Waals surface area contributed by atoms with E-state index in [4.69, 9.17) is 9.84 Å². The number of hydrogen-bond acceptors (Lipinski definition) is 4.